The van der Waals surface area contributed by atoms with E-state index in [1.54, 1.807) is 12.1 Å². The van der Waals surface area contributed by atoms with Gasteiger partial charge >= 0.3 is 0 Å². The first kappa shape index (κ1) is 13.1. The molecule has 0 spiro atoms. The molecule has 1 aliphatic rings. The van der Waals surface area contributed by atoms with Crippen LogP contribution in [0.4, 0.5) is 0 Å². The van der Waals surface area contributed by atoms with Crippen molar-refractivity contribution in [2.24, 2.45) is 0 Å². The summed E-state index contributed by atoms with van der Waals surface area (Å²) in [4.78, 5) is 12.2. The number of ketones is 1. The number of fused-ring (bicyclic) bond motifs is 1. The van der Waals surface area contributed by atoms with E-state index in [2.05, 4.69) is 0 Å². The van der Waals surface area contributed by atoms with Crippen molar-refractivity contribution in [2.45, 2.75) is 6.92 Å². The summed E-state index contributed by atoms with van der Waals surface area (Å²) < 4.78 is 5.36. The third kappa shape index (κ3) is 2.18. The van der Waals surface area contributed by atoms with E-state index >= 15 is 0 Å². The van der Waals surface area contributed by atoms with Gasteiger partial charge in [0.25, 0.3) is 0 Å². The number of aryl methyl sites for hydroxylation is 1. The summed E-state index contributed by atoms with van der Waals surface area (Å²) in [5, 5.41) is 28.9. The Labute approximate surface area is 120 Å². The van der Waals surface area contributed by atoms with Gasteiger partial charge in [0.15, 0.2) is 5.76 Å². The lowest BCUT2D eigenvalue weighted by Gasteiger charge is -2.02. The van der Waals surface area contributed by atoms with Crippen LogP contribution in [0, 0.1) is 6.92 Å². The predicted molar refractivity (Wildman–Crippen MR) is 75.6 cm³/mol. The Kier molecular flexibility index (Phi) is 2.83. The van der Waals surface area contributed by atoms with Crippen LogP contribution in [0.5, 0.6) is 23.0 Å². The first-order chi connectivity index (χ1) is 9.95. The molecule has 1 aliphatic heterocycles. The molecule has 0 saturated heterocycles. The lowest BCUT2D eigenvalue weighted by atomic mass is 10.1. The molecule has 5 heteroatoms. The zero-order valence-corrected chi connectivity index (χ0v) is 11.1. The number of phenolic OH excluding ortho intramolecular Hbond substituents is 3. The summed E-state index contributed by atoms with van der Waals surface area (Å²) in [5.41, 5.74) is 1.36. The van der Waals surface area contributed by atoms with Gasteiger partial charge in [-0.25, -0.2) is 0 Å². The van der Waals surface area contributed by atoms with Crippen LogP contribution < -0.4 is 4.74 Å². The van der Waals surface area contributed by atoms with Gasteiger partial charge < -0.3 is 20.1 Å². The lowest BCUT2D eigenvalue weighted by Crippen LogP contribution is -1.98. The highest BCUT2D eigenvalue weighted by molar-refractivity contribution is 6.16. The molecule has 21 heavy (non-hydrogen) atoms. The van der Waals surface area contributed by atoms with E-state index in [0.29, 0.717) is 5.56 Å². The van der Waals surface area contributed by atoms with Crippen LogP contribution in [0.2, 0.25) is 0 Å². The van der Waals surface area contributed by atoms with Crippen molar-refractivity contribution in [3.63, 3.8) is 0 Å². The Morgan fingerprint density at radius 1 is 1.05 bits per heavy atom. The molecular formula is C16H12O5. The fraction of sp³-hybridized carbons (Fsp3) is 0.0625. The van der Waals surface area contributed by atoms with Crippen LogP contribution in [0.3, 0.4) is 0 Å². The number of hydrogen-bond acceptors (Lipinski definition) is 5. The molecule has 106 valence electrons. The number of allylic oxidation sites excluding steroid dienone is 1. The molecule has 3 N–H and O–H groups in total. The molecule has 5 nitrogen and oxygen atoms in total. The number of Topliss-reactive ketones (excluding diaryl/α,β-unsaturated/α-hetero) is 1. The van der Waals surface area contributed by atoms with Gasteiger partial charge in [-0.2, -0.15) is 0 Å². The van der Waals surface area contributed by atoms with Crippen molar-refractivity contribution in [2.75, 3.05) is 0 Å². The summed E-state index contributed by atoms with van der Waals surface area (Å²) in [6, 6.07) is 7.31. The third-order valence-corrected chi connectivity index (χ3v) is 3.21. The highest BCUT2D eigenvalue weighted by atomic mass is 16.5. The summed E-state index contributed by atoms with van der Waals surface area (Å²) in [6.07, 6.45) is 1.40. The second-order valence-corrected chi connectivity index (χ2v) is 4.84. The first-order valence-corrected chi connectivity index (χ1v) is 6.25. The molecule has 0 aliphatic carbocycles. The molecule has 0 radical (unpaired) electrons. The molecule has 2 aromatic carbocycles. The van der Waals surface area contributed by atoms with Gasteiger partial charge in [-0.1, -0.05) is 11.6 Å². The Bertz CT molecular complexity index is 789. The van der Waals surface area contributed by atoms with E-state index in [4.69, 9.17) is 4.74 Å². The van der Waals surface area contributed by atoms with Crippen molar-refractivity contribution in [1.82, 2.24) is 0 Å². The second kappa shape index (κ2) is 4.56. The number of rotatable bonds is 1. The minimum atomic E-state index is -0.497. The van der Waals surface area contributed by atoms with Crippen LogP contribution in [-0.4, -0.2) is 21.1 Å². The van der Waals surface area contributed by atoms with Crippen LogP contribution in [0.1, 0.15) is 21.5 Å². The topological polar surface area (TPSA) is 87.0 Å². The molecule has 1 heterocycles. The summed E-state index contributed by atoms with van der Waals surface area (Å²) in [7, 11) is 0. The number of aromatic hydroxyl groups is 3. The largest absolute Gasteiger partial charge is 0.508 e. The Hall–Kier alpha value is -2.95. The number of carbonyl (C=O) groups excluding carboxylic acids is 1. The normalized spacial score (nSPS) is 15.1. The molecule has 0 aromatic heterocycles. The molecule has 0 bridgehead atoms. The zero-order valence-electron chi connectivity index (χ0n) is 11.1. The Morgan fingerprint density at radius 2 is 1.81 bits per heavy atom. The molecule has 0 unspecified atom stereocenters. The van der Waals surface area contributed by atoms with Crippen molar-refractivity contribution < 1.29 is 24.9 Å². The van der Waals surface area contributed by atoms with Crippen molar-refractivity contribution >= 4 is 11.9 Å². The first-order valence-electron chi connectivity index (χ1n) is 6.25. The lowest BCUT2D eigenvalue weighted by molar-refractivity contribution is 0.101. The monoisotopic (exact) mass is 284 g/mol. The molecule has 0 saturated carbocycles. The van der Waals surface area contributed by atoms with E-state index in [-0.39, 0.29) is 34.3 Å². The molecule has 2 aromatic rings. The van der Waals surface area contributed by atoms with Gasteiger partial charge in [-0.15, -0.1) is 0 Å². The minimum absolute atomic E-state index is 0.00573. The summed E-state index contributed by atoms with van der Waals surface area (Å²) in [6.45, 7) is 1.86. The van der Waals surface area contributed by atoms with Gasteiger partial charge in [0.1, 0.15) is 28.6 Å². The van der Waals surface area contributed by atoms with Crippen LogP contribution >= 0.6 is 0 Å². The highest BCUT2D eigenvalue weighted by Gasteiger charge is 2.31. The van der Waals surface area contributed by atoms with Gasteiger partial charge in [0.05, 0.1) is 0 Å². The van der Waals surface area contributed by atoms with Crippen molar-refractivity contribution in [3.05, 3.63) is 52.8 Å². The van der Waals surface area contributed by atoms with E-state index in [1.807, 2.05) is 6.92 Å². The van der Waals surface area contributed by atoms with E-state index in [9.17, 15) is 20.1 Å². The fourth-order valence-corrected chi connectivity index (χ4v) is 2.21. The van der Waals surface area contributed by atoms with Gasteiger partial charge in [0.2, 0.25) is 5.78 Å². The van der Waals surface area contributed by atoms with E-state index in [0.717, 1.165) is 11.6 Å². The molecule has 0 atom stereocenters. The Morgan fingerprint density at radius 3 is 2.57 bits per heavy atom. The van der Waals surface area contributed by atoms with Gasteiger partial charge in [-0.05, 0) is 25.1 Å². The standard InChI is InChI=1S/C16H12O5/c1-8-2-3-11(18)9(4-8)5-14-16(20)15-12(19)6-10(17)7-13(15)21-14/h2-7,17-19H,1H3/b14-5-. The summed E-state index contributed by atoms with van der Waals surface area (Å²) >= 11 is 0. The van der Waals surface area contributed by atoms with Crippen molar-refractivity contribution in [1.29, 1.82) is 0 Å². The molecular weight excluding hydrogens is 272 g/mol. The minimum Gasteiger partial charge on any atom is -0.508 e. The smallest absolute Gasteiger partial charge is 0.235 e. The maximum absolute atomic E-state index is 12.2. The number of phenols is 3. The quantitative estimate of drug-likeness (QED) is 0.701. The van der Waals surface area contributed by atoms with Crippen LogP contribution in [-0.2, 0) is 0 Å². The summed E-state index contributed by atoms with van der Waals surface area (Å²) in [5.74, 6) is -0.941. The number of carbonyl (C=O) groups is 1. The average Bonchev–Trinajstić information content (AvgIpc) is 2.70. The fourth-order valence-electron chi connectivity index (χ4n) is 2.21. The van der Waals surface area contributed by atoms with E-state index in [1.165, 1.54) is 18.2 Å². The molecule has 0 amide bonds. The maximum atomic E-state index is 12.2. The second-order valence-electron chi connectivity index (χ2n) is 4.84. The third-order valence-electron chi connectivity index (χ3n) is 3.21. The Balaban J connectivity index is 2.07. The molecule has 0 fully saturated rings. The zero-order chi connectivity index (χ0) is 15.1. The maximum Gasteiger partial charge on any atom is 0.235 e. The number of hydrogen-bond donors (Lipinski definition) is 3. The molecule has 3 rings (SSSR count). The van der Waals surface area contributed by atoms with Gasteiger partial charge in [0, 0.05) is 17.7 Å². The van der Waals surface area contributed by atoms with E-state index < -0.39 is 5.78 Å². The highest BCUT2D eigenvalue weighted by Crippen LogP contribution is 2.40. The SMILES string of the molecule is Cc1ccc(O)c(/C=C2\Oc3cc(O)cc(O)c3C2=O)c1. The predicted octanol–water partition coefficient (Wildman–Crippen LogP) is 2.73. The van der Waals surface area contributed by atoms with Crippen molar-refractivity contribution in [3.8, 4) is 23.0 Å². The number of ether oxygens (including phenoxy) is 1. The average molecular weight is 284 g/mol. The van der Waals surface area contributed by atoms with Crippen LogP contribution in [0.15, 0.2) is 36.1 Å². The van der Waals surface area contributed by atoms with Gasteiger partial charge in [-0.3, -0.25) is 4.79 Å². The van der Waals surface area contributed by atoms with Crippen LogP contribution in [0.25, 0.3) is 6.08 Å². The number of benzene rings is 2.